The van der Waals surface area contributed by atoms with Gasteiger partial charge in [0.05, 0.1) is 13.3 Å². The minimum absolute atomic E-state index is 0.0964. The Kier molecular flexibility index (Phi) is 6.36. The van der Waals surface area contributed by atoms with E-state index in [1.54, 1.807) is 37.6 Å². The third-order valence-electron chi connectivity index (χ3n) is 3.88. The number of hydrogen-bond donors (Lipinski definition) is 1. The standard InChI is InChI=1S/C22H19FN2O3/c1-27-20-7-3-2-5-17(20)9-11-22(26)25-14-16-8-10-21(19(23)13-16)28-18-6-4-12-24-15-18/h2-13,15H,14H2,1H3,(H,25,26)/b11-9+. The predicted octanol–water partition coefficient (Wildman–Crippen LogP) is 4.35. The van der Waals surface area contributed by atoms with Crippen molar-refractivity contribution in [3.63, 3.8) is 0 Å². The molecule has 1 heterocycles. The molecule has 28 heavy (non-hydrogen) atoms. The van der Waals surface area contributed by atoms with Crippen LogP contribution in [0.2, 0.25) is 0 Å². The number of carbonyl (C=O) groups is 1. The first-order chi connectivity index (χ1) is 13.7. The van der Waals surface area contributed by atoms with Gasteiger partial charge >= 0.3 is 0 Å². The number of rotatable bonds is 7. The molecule has 0 radical (unpaired) electrons. The quantitative estimate of drug-likeness (QED) is 0.621. The van der Waals surface area contributed by atoms with Crippen molar-refractivity contribution in [2.75, 3.05) is 7.11 Å². The Hall–Kier alpha value is -3.67. The van der Waals surface area contributed by atoms with Gasteiger partial charge in [0.15, 0.2) is 11.6 Å². The number of ether oxygens (including phenoxy) is 2. The summed E-state index contributed by atoms with van der Waals surface area (Å²) in [5, 5.41) is 2.72. The van der Waals surface area contributed by atoms with Gasteiger partial charge in [-0.3, -0.25) is 9.78 Å². The zero-order valence-electron chi connectivity index (χ0n) is 15.3. The second-order valence-corrected chi connectivity index (χ2v) is 5.85. The Bertz CT molecular complexity index is 975. The molecule has 0 saturated carbocycles. The van der Waals surface area contributed by atoms with Crippen LogP contribution in [0.3, 0.4) is 0 Å². The van der Waals surface area contributed by atoms with E-state index in [0.29, 0.717) is 17.1 Å². The fraction of sp³-hybridized carbons (Fsp3) is 0.0909. The monoisotopic (exact) mass is 378 g/mol. The molecule has 5 nitrogen and oxygen atoms in total. The van der Waals surface area contributed by atoms with E-state index < -0.39 is 5.82 Å². The summed E-state index contributed by atoms with van der Waals surface area (Å²) in [6, 6.07) is 15.3. The highest BCUT2D eigenvalue weighted by Crippen LogP contribution is 2.24. The second-order valence-electron chi connectivity index (χ2n) is 5.85. The number of methoxy groups -OCH3 is 1. The van der Waals surface area contributed by atoms with Crippen molar-refractivity contribution in [1.29, 1.82) is 0 Å². The highest BCUT2D eigenvalue weighted by molar-refractivity contribution is 5.92. The Labute approximate surface area is 162 Å². The van der Waals surface area contributed by atoms with Crippen LogP contribution < -0.4 is 14.8 Å². The zero-order chi connectivity index (χ0) is 19.8. The topological polar surface area (TPSA) is 60.5 Å². The van der Waals surface area contributed by atoms with Gasteiger partial charge < -0.3 is 14.8 Å². The molecule has 0 bridgehead atoms. The fourth-order valence-corrected chi connectivity index (χ4v) is 2.49. The average molecular weight is 378 g/mol. The molecule has 142 valence electrons. The van der Waals surface area contributed by atoms with E-state index in [4.69, 9.17) is 9.47 Å². The van der Waals surface area contributed by atoms with Gasteiger partial charge in [-0.05, 0) is 42.0 Å². The molecular weight excluding hydrogens is 359 g/mol. The largest absolute Gasteiger partial charge is 0.496 e. The Morgan fingerprint density at radius 1 is 1.14 bits per heavy atom. The lowest BCUT2D eigenvalue weighted by Gasteiger charge is -2.08. The summed E-state index contributed by atoms with van der Waals surface area (Å²) >= 11 is 0. The second kappa shape index (κ2) is 9.32. The molecule has 1 aromatic heterocycles. The molecular formula is C22H19FN2O3. The van der Waals surface area contributed by atoms with Crippen LogP contribution in [0.25, 0.3) is 6.08 Å². The van der Waals surface area contributed by atoms with E-state index in [0.717, 1.165) is 5.56 Å². The van der Waals surface area contributed by atoms with Crippen molar-refractivity contribution in [3.8, 4) is 17.2 Å². The van der Waals surface area contributed by atoms with Crippen molar-refractivity contribution >= 4 is 12.0 Å². The molecule has 0 aliphatic carbocycles. The van der Waals surface area contributed by atoms with Crippen LogP contribution in [0.15, 0.2) is 73.1 Å². The molecule has 0 unspecified atom stereocenters. The molecule has 3 rings (SSSR count). The van der Waals surface area contributed by atoms with Crippen LogP contribution in [-0.2, 0) is 11.3 Å². The summed E-state index contributed by atoms with van der Waals surface area (Å²) in [7, 11) is 1.57. The summed E-state index contributed by atoms with van der Waals surface area (Å²) < 4.78 is 24.9. The number of halogens is 1. The first kappa shape index (κ1) is 19.1. The number of aromatic nitrogens is 1. The number of nitrogens with one attached hydrogen (secondary N) is 1. The average Bonchev–Trinajstić information content (AvgIpc) is 2.73. The van der Waals surface area contributed by atoms with Crippen molar-refractivity contribution in [1.82, 2.24) is 10.3 Å². The Morgan fingerprint density at radius 2 is 2.00 bits per heavy atom. The lowest BCUT2D eigenvalue weighted by molar-refractivity contribution is -0.116. The molecule has 6 heteroatoms. The molecule has 0 saturated heterocycles. The third kappa shape index (κ3) is 5.17. The van der Waals surface area contributed by atoms with Crippen LogP contribution in [0.4, 0.5) is 4.39 Å². The molecule has 1 amide bonds. The van der Waals surface area contributed by atoms with Gasteiger partial charge in [0.2, 0.25) is 5.91 Å². The van der Waals surface area contributed by atoms with Crippen LogP contribution in [-0.4, -0.2) is 18.0 Å². The molecule has 0 aliphatic rings. The molecule has 0 spiro atoms. The predicted molar refractivity (Wildman–Crippen MR) is 105 cm³/mol. The molecule has 0 aliphatic heterocycles. The smallest absolute Gasteiger partial charge is 0.244 e. The number of carbonyl (C=O) groups excluding carboxylic acids is 1. The van der Waals surface area contributed by atoms with Crippen LogP contribution >= 0.6 is 0 Å². The highest BCUT2D eigenvalue weighted by Gasteiger charge is 2.07. The molecule has 3 aromatic rings. The summed E-state index contributed by atoms with van der Waals surface area (Å²) in [5.41, 5.74) is 1.41. The minimum Gasteiger partial charge on any atom is -0.496 e. The van der Waals surface area contributed by atoms with Gasteiger partial charge in [-0.15, -0.1) is 0 Å². The molecule has 0 fully saturated rings. The third-order valence-corrected chi connectivity index (χ3v) is 3.88. The van der Waals surface area contributed by atoms with Gasteiger partial charge in [-0.25, -0.2) is 4.39 Å². The van der Waals surface area contributed by atoms with Crippen LogP contribution in [0.5, 0.6) is 17.2 Å². The SMILES string of the molecule is COc1ccccc1/C=C/C(=O)NCc1ccc(Oc2cccnc2)c(F)c1. The maximum atomic E-state index is 14.2. The van der Waals surface area contributed by atoms with Crippen LogP contribution in [0, 0.1) is 5.82 Å². The molecule has 2 aromatic carbocycles. The van der Waals surface area contributed by atoms with Gasteiger partial charge in [-0.2, -0.15) is 0 Å². The summed E-state index contributed by atoms with van der Waals surface area (Å²) in [6.45, 7) is 0.194. The number of para-hydroxylation sites is 1. The number of benzene rings is 2. The van der Waals surface area contributed by atoms with Gasteiger partial charge in [0.25, 0.3) is 0 Å². The van der Waals surface area contributed by atoms with E-state index in [-0.39, 0.29) is 18.2 Å². The first-order valence-electron chi connectivity index (χ1n) is 8.61. The van der Waals surface area contributed by atoms with Gasteiger partial charge in [0.1, 0.15) is 11.5 Å². The molecule has 1 N–H and O–H groups in total. The van der Waals surface area contributed by atoms with Gasteiger partial charge in [0, 0.05) is 24.4 Å². The number of nitrogens with zero attached hydrogens (tertiary/aromatic N) is 1. The lowest BCUT2D eigenvalue weighted by atomic mass is 10.2. The Balaban J connectivity index is 1.57. The van der Waals surface area contributed by atoms with E-state index >= 15 is 0 Å². The van der Waals surface area contributed by atoms with Crippen molar-refractivity contribution in [3.05, 3.63) is 90.0 Å². The normalized spacial score (nSPS) is 10.6. The number of amides is 1. The molecule has 0 atom stereocenters. The maximum Gasteiger partial charge on any atom is 0.244 e. The minimum atomic E-state index is -0.514. The zero-order valence-corrected chi connectivity index (χ0v) is 15.3. The first-order valence-corrected chi connectivity index (χ1v) is 8.61. The lowest BCUT2D eigenvalue weighted by Crippen LogP contribution is -2.20. The summed E-state index contributed by atoms with van der Waals surface area (Å²) in [5.74, 6) is 0.420. The van der Waals surface area contributed by atoms with E-state index in [1.807, 2.05) is 24.3 Å². The van der Waals surface area contributed by atoms with Crippen LogP contribution in [0.1, 0.15) is 11.1 Å². The van der Waals surface area contributed by atoms with E-state index in [1.165, 1.54) is 24.4 Å². The van der Waals surface area contributed by atoms with Crippen molar-refractivity contribution in [2.45, 2.75) is 6.54 Å². The van der Waals surface area contributed by atoms with E-state index in [2.05, 4.69) is 10.3 Å². The number of pyridine rings is 1. The Morgan fingerprint density at radius 3 is 2.75 bits per heavy atom. The fourth-order valence-electron chi connectivity index (χ4n) is 2.49. The number of hydrogen-bond acceptors (Lipinski definition) is 4. The summed E-state index contributed by atoms with van der Waals surface area (Å²) in [6.07, 6.45) is 6.19. The highest BCUT2D eigenvalue weighted by atomic mass is 19.1. The van der Waals surface area contributed by atoms with E-state index in [9.17, 15) is 9.18 Å². The maximum absolute atomic E-state index is 14.2. The summed E-state index contributed by atoms with van der Waals surface area (Å²) in [4.78, 5) is 15.9. The van der Waals surface area contributed by atoms with Crippen molar-refractivity contribution < 1.29 is 18.7 Å². The van der Waals surface area contributed by atoms with Gasteiger partial charge in [-0.1, -0.05) is 24.3 Å². The van der Waals surface area contributed by atoms with Crippen molar-refractivity contribution in [2.24, 2.45) is 0 Å².